The number of carbonyl (C=O) groups excluding carboxylic acids is 1. The molecule has 0 fully saturated rings. The molecule has 1 aromatic carbocycles. The molecule has 0 saturated carbocycles. The zero-order chi connectivity index (χ0) is 13.4. The zero-order valence-corrected chi connectivity index (χ0v) is 10.9. The molecule has 1 aromatic heterocycles. The van der Waals surface area contributed by atoms with Crippen LogP contribution in [-0.2, 0) is 0 Å². The van der Waals surface area contributed by atoms with Crippen molar-refractivity contribution in [2.75, 3.05) is 0 Å². The summed E-state index contributed by atoms with van der Waals surface area (Å²) in [6.45, 7) is 1.74. The van der Waals surface area contributed by atoms with Crippen molar-refractivity contribution < 1.29 is 9.72 Å². The number of carbonyl (C=O) groups is 1. The molecule has 18 heavy (non-hydrogen) atoms. The first-order valence-corrected chi connectivity index (χ1v) is 5.74. The predicted molar refractivity (Wildman–Crippen MR) is 69.4 cm³/mol. The summed E-state index contributed by atoms with van der Waals surface area (Å²) >= 11 is 3.21. The Labute approximate surface area is 110 Å². The van der Waals surface area contributed by atoms with Gasteiger partial charge in [-0.3, -0.25) is 14.9 Å². The van der Waals surface area contributed by atoms with Gasteiger partial charge in [-0.25, -0.2) is 4.98 Å². The second kappa shape index (κ2) is 4.34. The molecule has 0 aliphatic rings. The van der Waals surface area contributed by atoms with Crippen LogP contribution in [-0.4, -0.2) is 15.8 Å². The second-order valence-corrected chi connectivity index (χ2v) is 4.58. The largest absolute Gasteiger partial charge is 0.364 e. The van der Waals surface area contributed by atoms with Crippen LogP contribution in [0.4, 0.5) is 5.69 Å². The van der Waals surface area contributed by atoms with Crippen LogP contribution in [0.2, 0.25) is 0 Å². The Bertz CT molecular complexity index is 626. The normalized spacial score (nSPS) is 10.6. The molecule has 2 N–H and O–H groups in total. The van der Waals surface area contributed by atoms with Gasteiger partial charge in [-0.1, -0.05) is 6.07 Å². The first-order valence-electron chi connectivity index (χ1n) is 4.95. The number of nitro benzene ring substituents is 1. The van der Waals surface area contributed by atoms with Crippen LogP contribution >= 0.6 is 15.9 Å². The van der Waals surface area contributed by atoms with Crippen LogP contribution in [0.5, 0.6) is 0 Å². The number of nitrogens with two attached hydrogens (primary N) is 1. The number of nitrogens with zero attached hydrogens (tertiary/aromatic N) is 2. The summed E-state index contributed by atoms with van der Waals surface area (Å²) < 4.78 is 0.456. The number of aryl methyl sites for hydroxylation is 1. The summed E-state index contributed by atoms with van der Waals surface area (Å²) in [6.07, 6.45) is 1.34. The highest BCUT2D eigenvalue weighted by molar-refractivity contribution is 9.10. The molecular weight excluding hydrogens is 302 g/mol. The van der Waals surface area contributed by atoms with E-state index in [0.29, 0.717) is 20.8 Å². The van der Waals surface area contributed by atoms with Crippen molar-refractivity contribution in [2.45, 2.75) is 6.92 Å². The Hall–Kier alpha value is -2.02. The lowest BCUT2D eigenvalue weighted by Crippen LogP contribution is -2.14. The maximum atomic E-state index is 11.3. The third kappa shape index (κ3) is 1.82. The number of nitro groups is 1. The van der Waals surface area contributed by atoms with E-state index >= 15 is 0 Å². The highest BCUT2D eigenvalue weighted by Crippen LogP contribution is 2.35. The lowest BCUT2D eigenvalue weighted by atomic mass is 10.0. The standard InChI is InChI=1S/C11H8BrN3O3/c1-5-2-3-7(15(17)18)9-6(12)4-14-10(8(5)9)11(13)16/h2-4H,1H3,(H2,13,16). The third-order valence-electron chi connectivity index (χ3n) is 2.60. The summed E-state index contributed by atoms with van der Waals surface area (Å²) in [4.78, 5) is 25.8. The van der Waals surface area contributed by atoms with Gasteiger partial charge in [-0.05, 0) is 28.4 Å². The lowest BCUT2D eigenvalue weighted by Gasteiger charge is -2.08. The maximum Gasteiger partial charge on any atom is 0.278 e. The summed E-state index contributed by atoms with van der Waals surface area (Å²) in [7, 11) is 0. The van der Waals surface area contributed by atoms with E-state index in [1.165, 1.54) is 12.3 Å². The summed E-state index contributed by atoms with van der Waals surface area (Å²) in [5.74, 6) is -0.712. The molecule has 1 amide bonds. The number of benzene rings is 1. The number of non-ortho nitro benzene ring substituents is 1. The molecule has 0 bridgehead atoms. The van der Waals surface area contributed by atoms with E-state index in [0.717, 1.165) is 0 Å². The molecule has 0 aliphatic carbocycles. The molecule has 1 heterocycles. The predicted octanol–water partition coefficient (Wildman–Crippen LogP) is 2.31. The molecule has 2 aromatic rings. The van der Waals surface area contributed by atoms with Gasteiger partial charge >= 0.3 is 0 Å². The van der Waals surface area contributed by atoms with Crippen LogP contribution in [0, 0.1) is 17.0 Å². The highest BCUT2D eigenvalue weighted by atomic mass is 79.9. The minimum absolute atomic E-state index is 0.0365. The van der Waals surface area contributed by atoms with E-state index in [2.05, 4.69) is 20.9 Å². The molecule has 2 rings (SSSR count). The second-order valence-electron chi connectivity index (χ2n) is 3.73. The van der Waals surface area contributed by atoms with Crippen LogP contribution in [0.3, 0.4) is 0 Å². The first-order chi connectivity index (χ1) is 8.43. The smallest absolute Gasteiger partial charge is 0.278 e. The van der Waals surface area contributed by atoms with Gasteiger partial charge in [0.25, 0.3) is 11.6 Å². The fourth-order valence-corrected chi connectivity index (χ4v) is 2.34. The average Bonchev–Trinajstić information content (AvgIpc) is 2.29. The summed E-state index contributed by atoms with van der Waals surface area (Å²) in [5, 5.41) is 11.8. The monoisotopic (exact) mass is 309 g/mol. The average molecular weight is 310 g/mol. The Morgan fingerprint density at radius 3 is 2.67 bits per heavy atom. The van der Waals surface area contributed by atoms with E-state index in [1.807, 2.05) is 0 Å². The van der Waals surface area contributed by atoms with Gasteiger partial charge in [-0.2, -0.15) is 0 Å². The molecular formula is C11H8BrN3O3. The molecule has 0 radical (unpaired) electrons. The molecule has 6 nitrogen and oxygen atoms in total. The van der Waals surface area contributed by atoms with Gasteiger partial charge in [-0.15, -0.1) is 0 Å². The molecule has 7 heteroatoms. The van der Waals surface area contributed by atoms with E-state index in [4.69, 9.17) is 5.73 Å². The minimum Gasteiger partial charge on any atom is -0.364 e. The summed E-state index contributed by atoms with van der Waals surface area (Å²) in [6, 6.07) is 2.97. The molecule has 0 atom stereocenters. The number of rotatable bonds is 2. The van der Waals surface area contributed by atoms with Crippen molar-refractivity contribution in [2.24, 2.45) is 5.73 Å². The Kier molecular flexibility index (Phi) is 3.00. The highest BCUT2D eigenvalue weighted by Gasteiger charge is 2.21. The van der Waals surface area contributed by atoms with Crippen LogP contribution < -0.4 is 5.73 Å². The van der Waals surface area contributed by atoms with Crippen molar-refractivity contribution in [1.82, 2.24) is 4.98 Å². The third-order valence-corrected chi connectivity index (χ3v) is 3.21. The molecule has 0 saturated heterocycles. The van der Waals surface area contributed by atoms with Crippen molar-refractivity contribution in [3.63, 3.8) is 0 Å². The van der Waals surface area contributed by atoms with E-state index < -0.39 is 10.8 Å². The van der Waals surface area contributed by atoms with Crippen LogP contribution in [0.25, 0.3) is 10.8 Å². The van der Waals surface area contributed by atoms with Crippen LogP contribution in [0.15, 0.2) is 22.8 Å². The SMILES string of the molecule is Cc1ccc([N+](=O)[O-])c2c(Br)cnc(C(N)=O)c12. The van der Waals surface area contributed by atoms with Gasteiger partial charge in [0.1, 0.15) is 5.69 Å². The van der Waals surface area contributed by atoms with Crippen molar-refractivity contribution in [1.29, 1.82) is 0 Å². The van der Waals surface area contributed by atoms with Crippen molar-refractivity contribution in [3.8, 4) is 0 Å². The number of aromatic nitrogens is 1. The quantitative estimate of drug-likeness (QED) is 0.679. The fraction of sp³-hybridized carbons (Fsp3) is 0.0909. The maximum absolute atomic E-state index is 11.3. The van der Waals surface area contributed by atoms with E-state index in [9.17, 15) is 14.9 Å². The molecule has 0 spiro atoms. The number of primary amides is 1. The number of halogens is 1. The van der Waals surface area contributed by atoms with Gasteiger partial charge < -0.3 is 5.73 Å². The van der Waals surface area contributed by atoms with E-state index in [1.54, 1.807) is 13.0 Å². The van der Waals surface area contributed by atoms with Gasteiger partial charge in [0.15, 0.2) is 0 Å². The Morgan fingerprint density at radius 2 is 2.11 bits per heavy atom. The van der Waals surface area contributed by atoms with Gasteiger partial charge in [0, 0.05) is 17.6 Å². The summed E-state index contributed by atoms with van der Waals surface area (Å²) in [5.41, 5.74) is 5.89. The van der Waals surface area contributed by atoms with Gasteiger partial charge in [0.05, 0.1) is 14.8 Å². The molecule has 0 aliphatic heterocycles. The molecule has 92 valence electrons. The van der Waals surface area contributed by atoms with E-state index in [-0.39, 0.29) is 11.4 Å². The van der Waals surface area contributed by atoms with Crippen molar-refractivity contribution >= 4 is 38.3 Å². The fourth-order valence-electron chi connectivity index (χ4n) is 1.83. The lowest BCUT2D eigenvalue weighted by molar-refractivity contribution is -0.383. The van der Waals surface area contributed by atoms with Gasteiger partial charge in [0.2, 0.25) is 0 Å². The Balaban J connectivity index is 3.04. The molecule has 0 unspecified atom stereocenters. The topological polar surface area (TPSA) is 99.1 Å². The number of hydrogen-bond donors (Lipinski definition) is 1. The van der Waals surface area contributed by atoms with Crippen LogP contribution in [0.1, 0.15) is 16.1 Å². The number of amides is 1. The Morgan fingerprint density at radius 1 is 1.44 bits per heavy atom. The zero-order valence-electron chi connectivity index (χ0n) is 9.31. The number of pyridine rings is 1. The minimum atomic E-state index is -0.712. The number of hydrogen-bond acceptors (Lipinski definition) is 4. The van der Waals surface area contributed by atoms with Crippen molar-refractivity contribution in [3.05, 3.63) is 44.2 Å². The number of fused-ring (bicyclic) bond motifs is 1. The first kappa shape index (κ1) is 12.4.